The molecule has 0 bridgehead atoms. The molecule has 0 spiro atoms. The van der Waals surface area contributed by atoms with Crippen LogP contribution >= 0.6 is 11.6 Å². The van der Waals surface area contributed by atoms with Crippen LogP contribution in [0.4, 0.5) is 4.39 Å². The molecular weight excluding hydrogens is 229 g/mol. The Morgan fingerprint density at radius 1 is 1.50 bits per heavy atom. The highest BCUT2D eigenvalue weighted by Crippen LogP contribution is 2.35. The van der Waals surface area contributed by atoms with Crippen LogP contribution in [0.5, 0.6) is 5.75 Å². The minimum absolute atomic E-state index is 0.153. The van der Waals surface area contributed by atoms with Crippen molar-refractivity contribution in [2.24, 2.45) is 0 Å². The van der Waals surface area contributed by atoms with Gasteiger partial charge in [-0.1, -0.05) is 25.4 Å². The van der Waals surface area contributed by atoms with E-state index < -0.39 is 5.82 Å². The molecule has 1 atom stereocenters. The van der Waals surface area contributed by atoms with E-state index in [1.165, 1.54) is 6.07 Å². The Labute approximate surface area is 99.7 Å². The van der Waals surface area contributed by atoms with Gasteiger partial charge in [0.15, 0.2) is 0 Å². The third-order valence-electron chi connectivity index (χ3n) is 2.63. The Kier molecular flexibility index (Phi) is 3.36. The minimum Gasteiger partial charge on any atom is -0.493 e. The summed E-state index contributed by atoms with van der Waals surface area (Å²) in [6, 6.07) is 3.60. The molecule has 1 aromatic rings. The van der Waals surface area contributed by atoms with Gasteiger partial charge in [0.2, 0.25) is 0 Å². The smallest absolute Gasteiger partial charge is 0.145 e. The quantitative estimate of drug-likeness (QED) is 0.861. The Hall–Kier alpha value is -0.800. The van der Waals surface area contributed by atoms with Gasteiger partial charge in [0.25, 0.3) is 0 Å². The lowest BCUT2D eigenvalue weighted by molar-refractivity contribution is 0.246. The van der Waals surface area contributed by atoms with Crippen molar-refractivity contribution in [3.05, 3.63) is 28.5 Å². The predicted octanol–water partition coefficient (Wildman–Crippen LogP) is 3.30. The number of ether oxygens (including phenoxy) is 1. The molecular formula is C12H15ClFNO. The Balaban J connectivity index is 2.34. The fourth-order valence-corrected chi connectivity index (χ4v) is 2.13. The van der Waals surface area contributed by atoms with Gasteiger partial charge >= 0.3 is 0 Å². The molecule has 0 aromatic heterocycles. The summed E-state index contributed by atoms with van der Waals surface area (Å²) in [5, 5.41) is 3.58. The van der Waals surface area contributed by atoms with E-state index in [4.69, 9.17) is 16.3 Å². The Bertz CT molecular complexity index is 395. The molecule has 1 heterocycles. The molecule has 2 rings (SSSR count). The first kappa shape index (κ1) is 11.7. The molecule has 1 aliphatic rings. The molecule has 0 saturated carbocycles. The molecule has 1 unspecified atom stereocenters. The molecule has 1 N–H and O–H groups in total. The van der Waals surface area contributed by atoms with E-state index in [0.29, 0.717) is 18.4 Å². The first-order valence-electron chi connectivity index (χ1n) is 5.45. The van der Waals surface area contributed by atoms with Crippen molar-refractivity contribution in [1.29, 1.82) is 0 Å². The van der Waals surface area contributed by atoms with Gasteiger partial charge < -0.3 is 10.1 Å². The molecule has 1 aromatic carbocycles. The standard InChI is InChI=1S/C12H15ClFNO/c1-7(2)15-11-3-4-16-12-6-10(14)9(13)5-8(11)12/h5-7,11,15H,3-4H2,1-2H3. The monoisotopic (exact) mass is 243 g/mol. The average molecular weight is 244 g/mol. The summed E-state index contributed by atoms with van der Waals surface area (Å²) in [5.74, 6) is 0.178. The first-order valence-corrected chi connectivity index (χ1v) is 5.83. The van der Waals surface area contributed by atoms with Crippen molar-refractivity contribution in [3.8, 4) is 5.75 Å². The van der Waals surface area contributed by atoms with Crippen molar-refractivity contribution in [2.75, 3.05) is 6.61 Å². The topological polar surface area (TPSA) is 21.3 Å². The van der Waals surface area contributed by atoms with Crippen LogP contribution in [-0.2, 0) is 0 Å². The summed E-state index contributed by atoms with van der Waals surface area (Å²) in [4.78, 5) is 0. The zero-order chi connectivity index (χ0) is 11.7. The van der Waals surface area contributed by atoms with E-state index >= 15 is 0 Å². The molecule has 0 saturated heterocycles. The summed E-state index contributed by atoms with van der Waals surface area (Å²) in [6.45, 7) is 4.78. The van der Waals surface area contributed by atoms with Crippen LogP contribution in [0.25, 0.3) is 0 Å². The fraction of sp³-hybridized carbons (Fsp3) is 0.500. The summed E-state index contributed by atoms with van der Waals surface area (Å²) in [7, 11) is 0. The van der Waals surface area contributed by atoms with Crippen molar-refractivity contribution in [1.82, 2.24) is 5.32 Å². The molecule has 16 heavy (non-hydrogen) atoms. The molecule has 1 aliphatic heterocycles. The van der Waals surface area contributed by atoms with Gasteiger partial charge in [-0.2, -0.15) is 0 Å². The van der Waals surface area contributed by atoms with Gasteiger partial charge in [-0.25, -0.2) is 4.39 Å². The van der Waals surface area contributed by atoms with Crippen LogP contribution < -0.4 is 10.1 Å². The minimum atomic E-state index is -0.425. The summed E-state index contributed by atoms with van der Waals surface area (Å²) in [6.07, 6.45) is 0.882. The van der Waals surface area contributed by atoms with E-state index in [1.54, 1.807) is 6.07 Å². The first-order chi connectivity index (χ1) is 7.58. The van der Waals surface area contributed by atoms with Gasteiger partial charge in [0.1, 0.15) is 11.6 Å². The summed E-state index contributed by atoms with van der Waals surface area (Å²) >= 11 is 5.79. The van der Waals surface area contributed by atoms with Gasteiger partial charge in [-0.15, -0.1) is 0 Å². The predicted molar refractivity (Wildman–Crippen MR) is 62.5 cm³/mol. The second kappa shape index (κ2) is 4.60. The highest BCUT2D eigenvalue weighted by molar-refractivity contribution is 6.30. The van der Waals surface area contributed by atoms with E-state index in [0.717, 1.165) is 12.0 Å². The number of benzene rings is 1. The molecule has 4 heteroatoms. The van der Waals surface area contributed by atoms with Crippen molar-refractivity contribution >= 4 is 11.6 Å². The zero-order valence-corrected chi connectivity index (χ0v) is 10.1. The largest absolute Gasteiger partial charge is 0.493 e. The SMILES string of the molecule is CC(C)NC1CCOc2cc(F)c(Cl)cc21. The van der Waals surface area contributed by atoms with Crippen molar-refractivity contribution < 1.29 is 9.13 Å². The number of fused-ring (bicyclic) bond motifs is 1. The maximum absolute atomic E-state index is 13.3. The number of hydrogen-bond acceptors (Lipinski definition) is 2. The number of halogens is 2. The van der Waals surface area contributed by atoms with Crippen LogP contribution in [0, 0.1) is 5.82 Å². The Morgan fingerprint density at radius 3 is 2.94 bits per heavy atom. The molecule has 0 aliphatic carbocycles. The lowest BCUT2D eigenvalue weighted by atomic mass is 10.00. The van der Waals surface area contributed by atoms with E-state index in [9.17, 15) is 4.39 Å². The van der Waals surface area contributed by atoms with Crippen molar-refractivity contribution in [3.63, 3.8) is 0 Å². The van der Waals surface area contributed by atoms with Crippen LogP contribution in [0.1, 0.15) is 31.9 Å². The molecule has 2 nitrogen and oxygen atoms in total. The molecule has 0 fully saturated rings. The lowest BCUT2D eigenvalue weighted by Gasteiger charge is -2.28. The van der Waals surface area contributed by atoms with Crippen LogP contribution in [-0.4, -0.2) is 12.6 Å². The van der Waals surface area contributed by atoms with E-state index in [1.807, 2.05) is 0 Å². The molecule has 0 radical (unpaired) electrons. The number of nitrogens with one attached hydrogen (secondary N) is 1. The maximum Gasteiger partial charge on any atom is 0.145 e. The Morgan fingerprint density at radius 2 is 2.25 bits per heavy atom. The van der Waals surface area contributed by atoms with Crippen LogP contribution in [0.2, 0.25) is 5.02 Å². The normalized spacial score (nSPS) is 19.4. The maximum atomic E-state index is 13.3. The van der Waals surface area contributed by atoms with E-state index in [2.05, 4.69) is 19.2 Å². The second-order valence-corrected chi connectivity index (χ2v) is 4.72. The third-order valence-corrected chi connectivity index (χ3v) is 2.92. The van der Waals surface area contributed by atoms with Gasteiger partial charge in [-0.05, 0) is 6.07 Å². The molecule has 0 amide bonds. The third kappa shape index (κ3) is 2.30. The molecule has 88 valence electrons. The number of hydrogen-bond donors (Lipinski definition) is 1. The highest BCUT2D eigenvalue weighted by atomic mass is 35.5. The van der Waals surface area contributed by atoms with Crippen LogP contribution in [0.3, 0.4) is 0 Å². The summed E-state index contributed by atoms with van der Waals surface area (Å²) in [5.41, 5.74) is 0.950. The number of rotatable bonds is 2. The van der Waals surface area contributed by atoms with Crippen LogP contribution in [0.15, 0.2) is 12.1 Å². The highest BCUT2D eigenvalue weighted by Gasteiger charge is 2.23. The second-order valence-electron chi connectivity index (χ2n) is 4.32. The zero-order valence-electron chi connectivity index (χ0n) is 9.39. The lowest BCUT2D eigenvalue weighted by Crippen LogP contribution is -2.32. The van der Waals surface area contributed by atoms with Gasteiger partial charge in [-0.3, -0.25) is 0 Å². The van der Waals surface area contributed by atoms with Gasteiger partial charge in [0, 0.05) is 30.1 Å². The van der Waals surface area contributed by atoms with Crippen molar-refractivity contribution in [2.45, 2.75) is 32.4 Å². The summed E-state index contributed by atoms with van der Waals surface area (Å²) < 4.78 is 18.7. The van der Waals surface area contributed by atoms with Gasteiger partial charge in [0.05, 0.1) is 11.6 Å². The average Bonchev–Trinajstić information content (AvgIpc) is 2.20. The fourth-order valence-electron chi connectivity index (χ4n) is 1.96. The van der Waals surface area contributed by atoms with E-state index in [-0.39, 0.29) is 11.1 Å².